The molecule has 0 atom stereocenters. The quantitative estimate of drug-likeness (QED) is 0.765. The predicted octanol–water partition coefficient (Wildman–Crippen LogP) is 4.41. The van der Waals surface area contributed by atoms with E-state index in [0.717, 1.165) is 30.1 Å². The highest BCUT2D eigenvalue weighted by molar-refractivity contribution is 6.17. The molecule has 1 saturated carbocycles. The lowest BCUT2D eigenvalue weighted by molar-refractivity contribution is 0.282. The number of ether oxygens (including phenoxy) is 1. The summed E-state index contributed by atoms with van der Waals surface area (Å²) in [7, 11) is 1.70. The van der Waals surface area contributed by atoms with Crippen LogP contribution in [-0.2, 0) is 13.0 Å². The molecule has 0 saturated heterocycles. The van der Waals surface area contributed by atoms with Crippen LogP contribution in [0.1, 0.15) is 38.4 Å². The number of imidazole rings is 1. The molecule has 1 aromatic heterocycles. The first-order chi connectivity index (χ1) is 10.2. The molecule has 1 aliphatic carbocycles. The Labute approximate surface area is 131 Å². The molecule has 1 heterocycles. The van der Waals surface area contributed by atoms with Crippen LogP contribution < -0.4 is 4.74 Å². The van der Waals surface area contributed by atoms with E-state index in [2.05, 4.69) is 17.6 Å². The van der Waals surface area contributed by atoms with Gasteiger partial charge in [0.15, 0.2) is 0 Å². The minimum atomic E-state index is 0.387. The topological polar surface area (TPSA) is 27.1 Å². The van der Waals surface area contributed by atoms with E-state index in [9.17, 15) is 0 Å². The van der Waals surface area contributed by atoms with Gasteiger partial charge in [-0.1, -0.05) is 25.8 Å². The molecule has 1 aliphatic rings. The zero-order chi connectivity index (χ0) is 14.9. The monoisotopic (exact) mass is 306 g/mol. The fraction of sp³-hybridized carbons (Fsp3) is 0.588. The number of methoxy groups -OCH3 is 1. The number of nitrogens with zero attached hydrogens (tertiary/aromatic N) is 2. The zero-order valence-corrected chi connectivity index (χ0v) is 13.6. The lowest BCUT2D eigenvalue weighted by Gasteiger charge is -2.25. The average Bonchev–Trinajstić information content (AvgIpc) is 3.05. The highest BCUT2D eigenvalue weighted by Crippen LogP contribution is 2.40. The smallest absolute Gasteiger partial charge is 0.146 e. The van der Waals surface area contributed by atoms with Crippen molar-refractivity contribution in [1.82, 2.24) is 9.55 Å². The summed E-state index contributed by atoms with van der Waals surface area (Å²) >= 11 is 5.98. The molecule has 4 heteroatoms. The standard InChI is InChI=1S/C17H23ClN2O/c1-17(9-3-4-10-17)12-20-13-6-5-7-14(21-2)16(13)19-15(20)8-11-18/h5-7H,3-4,8-12H2,1-2H3. The third kappa shape index (κ3) is 2.76. The van der Waals surface area contributed by atoms with Crippen molar-refractivity contribution in [3.63, 3.8) is 0 Å². The summed E-state index contributed by atoms with van der Waals surface area (Å²) in [5.74, 6) is 2.53. The Morgan fingerprint density at radius 2 is 2.10 bits per heavy atom. The minimum absolute atomic E-state index is 0.387. The van der Waals surface area contributed by atoms with Crippen molar-refractivity contribution in [3.05, 3.63) is 24.0 Å². The van der Waals surface area contributed by atoms with Crippen LogP contribution >= 0.6 is 11.6 Å². The summed E-state index contributed by atoms with van der Waals surface area (Å²) < 4.78 is 7.83. The van der Waals surface area contributed by atoms with Gasteiger partial charge in [0.1, 0.15) is 17.1 Å². The lowest BCUT2D eigenvalue weighted by atomic mass is 9.88. The SMILES string of the molecule is COc1cccc2c1nc(CCCl)n2CC1(C)CCCC1. The molecule has 0 amide bonds. The number of para-hydroxylation sites is 1. The van der Waals surface area contributed by atoms with Crippen molar-refractivity contribution < 1.29 is 4.74 Å². The molecule has 0 radical (unpaired) electrons. The number of benzene rings is 1. The number of rotatable bonds is 5. The van der Waals surface area contributed by atoms with Crippen LogP contribution in [0.2, 0.25) is 0 Å². The molecule has 21 heavy (non-hydrogen) atoms. The van der Waals surface area contributed by atoms with Gasteiger partial charge in [-0.05, 0) is 30.4 Å². The maximum absolute atomic E-state index is 5.98. The van der Waals surface area contributed by atoms with Gasteiger partial charge in [0, 0.05) is 18.8 Å². The van der Waals surface area contributed by atoms with Gasteiger partial charge >= 0.3 is 0 Å². The van der Waals surface area contributed by atoms with Crippen LogP contribution in [0.25, 0.3) is 11.0 Å². The van der Waals surface area contributed by atoms with Gasteiger partial charge in [-0.15, -0.1) is 11.6 Å². The van der Waals surface area contributed by atoms with Gasteiger partial charge in [0.2, 0.25) is 0 Å². The summed E-state index contributed by atoms with van der Waals surface area (Å²) in [6.45, 7) is 3.43. The molecule has 2 aromatic rings. The number of hydrogen-bond acceptors (Lipinski definition) is 2. The maximum atomic E-state index is 5.98. The van der Waals surface area contributed by atoms with Gasteiger partial charge < -0.3 is 9.30 Å². The molecule has 114 valence electrons. The highest BCUT2D eigenvalue weighted by Gasteiger charge is 2.30. The first-order valence-electron chi connectivity index (χ1n) is 7.75. The second kappa shape index (κ2) is 5.88. The minimum Gasteiger partial charge on any atom is -0.494 e. The van der Waals surface area contributed by atoms with Gasteiger partial charge in [0.25, 0.3) is 0 Å². The average molecular weight is 307 g/mol. The molecule has 0 N–H and O–H groups in total. The third-order valence-electron chi connectivity index (χ3n) is 4.71. The second-order valence-electron chi connectivity index (χ2n) is 6.40. The maximum Gasteiger partial charge on any atom is 0.146 e. The zero-order valence-electron chi connectivity index (χ0n) is 12.9. The summed E-state index contributed by atoms with van der Waals surface area (Å²) in [5, 5.41) is 0. The van der Waals surface area contributed by atoms with Crippen LogP contribution in [0, 0.1) is 5.41 Å². The molecular weight excluding hydrogens is 284 g/mol. The molecule has 3 rings (SSSR count). The highest BCUT2D eigenvalue weighted by atomic mass is 35.5. The van der Waals surface area contributed by atoms with E-state index in [1.165, 1.54) is 31.2 Å². The lowest BCUT2D eigenvalue weighted by Crippen LogP contribution is -2.21. The van der Waals surface area contributed by atoms with Crippen LogP contribution in [0.15, 0.2) is 18.2 Å². The van der Waals surface area contributed by atoms with Gasteiger partial charge in [-0.3, -0.25) is 0 Å². The number of fused-ring (bicyclic) bond motifs is 1. The largest absolute Gasteiger partial charge is 0.494 e. The third-order valence-corrected chi connectivity index (χ3v) is 4.90. The Kier molecular flexibility index (Phi) is 4.12. The van der Waals surface area contributed by atoms with Crippen molar-refractivity contribution in [1.29, 1.82) is 0 Å². The summed E-state index contributed by atoms with van der Waals surface area (Å²) in [6.07, 6.45) is 6.10. The molecule has 0 spiro atoms. The predicted molar refractivity (Wildman–Crippen MR) is 87.3 cm³/mol. The van der Waals surface area contributed by atoms with E-state index in [0.29, 0.717) is 11.3 Å². The van der Waals surface area contributed by atoms with Crippen molar-refractivity contribution in [2.24, 2.45) is 5.41 Å². The molecule has 0 aliphatic heterocycles. The van der Waals surface area contributed by atoms with E-state index >= 15 is 0 Å². The second-order valence-corrected chi connectivity index (χ2v) is 6.78. The van der Waals surface area contributed by atoms with E-state index in [4.69, 9.17) is 21.3 Å². The van der Waals surface area contributed by atoms with Crippen LogP contribution in [0.3, 0.4) is 0 Å². The van der Waals surface area contributed by atoms with E-state index in [1.807, 2.05) is 12.1 Å². The van der Waals surface area contributed by atoms with Gasteiger partial charge in [-0.25, -0.2) is 4.98 Å². The van der Waals surface area contributed by atoms with E-state index in [-0.39, 0.29) is 0 Å². The number of aryl methyl sites for hydroxylation is 1. The molecule has 0 unspecified atom stereocenters. The first kappa shape index (κ1) is 14.7. The van der Waals surface area contributed by atoms with E-state index < -0.39 is 0 Å². The fourth-order valence-corrected chi connectivity index (χ4v) is 3.72. The Hall–Kier alpha value is -1.22. The van der Waals surface area contributed by atoms with Crippen molar-refractivity contribution >= 4 is 22.6 Å². The Balaban J connectivity index is 2.07. The van der Waals surface area contributed by atoms with Crippen LogP contribution in [-0.4, -0.2) is 22.5 Å². The van der Waals surface area contributed by atoms with E-state index in [1.54, 1.807) is 7.11 Å². The summed E-state index contributed by atoms with van der Waals surface area (Å²) in [4.78, 5) is 4.80. The Bertz CT molecular complexity index is 629. The van der Waals surface area contributed by atoms with Crippen molar-refractivity contribution in [3.8, 4) is 5.75 Å². The molecule has 0 bridgehead atoms. The van der Waals surface area contributed by atoms with Crippen LogP contribution in [0.5, 0.6) is 5.75 Å². The van der Waals surface area contributed by atoms with Crippen molar-refractivity contribution in [2.45, 2.75) is 45.6 Å². The fourth-order valence-electron chi connectivity index (χ4n) is 3.55. The molecule has 3 nitrogen and oxygen atoms in total. The normalized spacial score (nSPS) is 17.5. The summed E-state index contributed by atoms with van der Waals surface area (Å²) in [5.41, 5.74) is 2.52. The number of hydrogen-bond donors (Lipinski definition) is 0. The number of aromatic nitrogens is 2. The number of alkyl halides is 1. The van der Waals surface area contributed by atoms with Crippen LogP contribution in [0.4, 0.5) is 0 Å². The summed E-state index contributed by atoms with van der Waals surface area (Å²) in [6, 6.07) is 6.16. The Morgan fingerprint density at radius 3 is 2.76 bits per heavy atom. The van der Waals surface area contributed by atoms with Gasteiger partial charge in [0.05, 0.1) is 12.6 Å². The first-order valence-corrected chi connectivity index (χ1v) is 8.28. The molecular formula is C17H23ClN2O. The molecule has 1 aromatic carbocycles. The number of halogens is 1. The van der Waals surface area contributed by atoms with Crippen molar-refractivity contribution in [2.75, 3.05) is 13.0 Å². The van der Waals surface area contributed by atoms with Gasteiger partial charge in [-0.2, -0.15) is 0 Å². The Morgan fingerprint density at radius 1 is 1.33 bits per heavy atom. The molecule has 1 fully saturated rings.